The molecule has 2 amide bonds. The third kappa shape index (κ3) is 7.96. The predicted octanol–water partition coefficient (Wildman–Crippen LogP) is 4.96. The zero-order valence-corrected chi connectivity index (χ0v) is 21.9. The van der Waals surface area contributed by atoms with E-state index in [4.69, 9.17) is 9.47 Å². The monoisotopic (exact) mass is 542 g/mol. The van der Waals surface area contributed by atoms with E-state index in [1.165, 1.54) is 0 Å². The van der Waals surface area contributed by atoms with Crippen LogP contribution >= 0.6 is 15.9 Å². The smallest absolute Gasteiger partial charge is 0.409 e. The van der Waals surface area contributed by atoms with Crippen LogP contribution in [0.25, 0.3) is 10.8 Å². The van der Waals surface area contributed by atoms with E-state index in [1.807, 2.05) is 60.2 Å². The predicted molar refractivity (Wildman–Crippen MR) is 140 cm³/mol. The summed E-state index contributed by atoms with van der Waals surface area (Å²) in [5, 5.41) is 4.96. The number of hydrogen-bond donors (Lipinski definition) is 1. The first-order valence-electron chi connectivity index (χ1n) is 12.0. The number of nitrogens with one attached hydrogen (secondary N) is 1. The van der Waals surface area contributed by atoms with Gasteiger partial charge in [-0.25, -0.2) is 9.36 Å². The van der Waals surface area contributed by atoms with Crippen LogP contribution in [0.2, 0.25) is 0 Å². The highest BCUT2D eigenvalue weighted by Crippen LogP contribution is 2.25. The molecule has 8 heteroatoms. The summed E-state index contributed by atoms with van der Waals surface area (Å²) in [6.45, 7) is 6.55. The van der Waals surface area contributed by atoms with Gasteiger partial charge in [0, 0.05) is 11.9 Å². The van der Waals surface area contributed by atoms with Gasteiger partial charge in [-0.1, -0.05) is 49.7 Å². The number of unbranched alkanes of at least 4 members (excludes halogenated alkanes) is 1. The van der Waals surface area contributed by atoms with Crippen molar-refractivity contribution in [2.45, 2.75) is 33.2 Å². The van der Waals surface area contributed by atoms with Crippen molar-refractivity contribution in [3.63, 3.8) is 0 Å². The van der Waals surface area contributed by atoms with Crippen LogP contribution in [0.15, 0.2) is 65.4 Å². The molecule has 0 saturated carbocycles. The number of carbonyl (C=O) groups is 2. The van der Waals surface area contributed by atoms with Gasteiger partial charge < -0.3 is 19.7 Å². The van der Waals surface area contributed by atoms with Gasteiger partial charge in [0.25, 0.3) is 5.91 Å². The minimum Gasteiger partial charge on any atom is -0.491 e. The maximum absolute atomic E-state index is 12.7. The highest BCUT2D eigenvalue weighted by atomic mass is 79.9. The molecule has 35 heavy (non-hydrogen) atoms. The van der Waals surface area contributed by atoms with Crippen LogP contribution in [-0.2, 0) is 11.3 Å². The Labute approximate surface area is 215 Å². The van der Waals surface area contributed by atoms with Crippen molar-refractivity contribution >= 4 is 38.7 Å². The number of amides is 2. The van der Waals surface area contributed by atoms with Gasteiger partial charge in [0.2, 0.25) is 0 Å². The maximum Gasteiger partial charge on any atom is 0.409 e. The quantitative estimate of drug-likeness (QED) is 0.259. The van der Waals surface area contributed by atoms with Crippen LogP contribution in [-0.4, -0.2) is 49.7 Å². The van der Waals surface area contributed by atoms with Gasteiger partial charge >= 0.3 is 6.09 Å². The number of aryl methyl sites for hydroxylation is 1. The molecular weight excluding hydrogens is 510 g/mol. The Bertz CT molecular complexity index is 1130. The number of nitrogens with zero attached hydrogens (tertiary/aromatic N) is 2. The van der Waals surface area contributed by atoms with Crippen molar-refractivity contribution in [1.29, 1.82) is 0 Å². The average Bonchev–Trinajstić information content (AvgIpc) is 2.87. The molecule has 3 aromatic rings. The number of halogens is 1. The molecule has 0 spiro atoms. The molecule has 0 aliphatic heterocycles. The summed E-state index contributed by atoms with van der Waals surface area (Å²) in [5.74, 6) is 0.586. The summed E-state index contributed by atoms with van der Waals surface area (Å²) < 4.78 is 14.2. The Balaban J connectivity index is 1.47. The third-order valence-electron chi connectivity index (χ3n) is 5.54. The Morgan fingerprint density at radius 2 is 1.83 bits per heavy atom. The van der Waals surface area contributed by atoms with Gasteiger partial charge in [0.1, 0.15) is 31.1 Å². The maximum atomic E-state index is 12.7. The number of aromatic nitrogens is 1. The molecule has 0 unspecified atom stereocenters. The van der Waals surface area contributed by atoms with Crippen molar-refractivity contribution in [2.24, 2.45) is 0 Å². The van der Waals surface area contributed by atoms with E-state index in [0.717, 1.165) is 40.4 Å². The van der Waals surface area contributed by atoms with Gasteiger partial charge in [0.05, 0.1) is 17.6 Å². The van der Waals surface area contributed by atoms with Crippen LogP contribution in [0.4, 0.5) is 4.79 Å². The summed E-state index contributed by atoms with van der Waals surface area (Å²) in [4.78, 5) is 26.8. The van der Waals surface area contributed by atoms with Crippen LogP contribution in [0.3, 0.4) is 0 Å². The first kappa shape index (κ1) is 26.5. The number of fused-ring (bicyclic) bond motifs is 1. The van der Waals surface area contributed by atoms with Crippen LogP contribution < -0.4 is 14.6 Å². The Hall–Kier alpha value is -3.13. The first-order valence-corrected chi connectivity index (χ1v) is 12.8. The molecule has 0 atom stereocenters. The van der Waals surface area contributed by atoms with E-state index >= 15 is 0 Å². The fraction of sp³-hybridized carbons (Fsp3) is 0.370. The van der Waals surface area contributed by atoms with E-state index in [0.29, 0.717) is 25.3 Å². The standard InChI is InChI=1S/C27H32BrN3O4/c1-3-5-14-31(15-17-34-25-12-8-10-21-9-6-7-11-24(21)25)27(33)35-16-13-29-26(32)22-18-23(28)20-30(4-2)19-22/h6-12,18-20H,3-5,13-17H2,1-2H3/p+1. The topological polar surface area (TPSA) is 71.8 Å². The minimum absolute atomic E-state index is 0.0964. The molecule has 0 fully saturated rings. The summed E-state index contributed by atoms with van der Waals surface area (Å²) in [6, 6.07) is 15.8. The first-order chi connectivity index (χ1) is 17.0. The molecule has 7 nitrogen and oxygen atoms in total. The molecule has 2 aromatic carbocycles. The average molecular weight is 543 g/mol. The molecule has 0 saturated heterocycles. The number of rotatable bonds is 12. The lowest BCUT2D eigenvalue weighted by Crippen LogP contribution is -2.38. The Morgan fingerprint density at radius 3 is 2.63 bits per heavy atom. The molecule has 1 aromatic heterocycles. The highest BCUT2D eigenvalue weighted by Gasteiger charge is 2.16. The molecule has 186 valence electrons. The second kappa shape index (κ2) is 13.7. The van der Waals surface area contributed by atoms with Crippen molar-refractivity contribution in [3.8, 4) is 5.75 Å². The van der Waals surface area contributed by atoms with Crippen molar-refractivity contribution in [3.05, 3.63) is 71.0 Å². The second-order valence-electron chi connectivity index (χ2n) is 8.11. The molecule has 1 N–H and O–H groups in total. The minimum atomic E-state index is -0.402. The number of benzene rings is 2. The van der Waals surface area contributed by atoms with Gasteiger partial charge in [0.15, 0.2) is 12.4 Å². The van der Waals surface area contributed by atoms with Gasteiger partial charge in [-0.2, -0.15) is 0 Å². The highest BCUT2D eigenvalue weighted by molar-refractivity contribution is 9.10. The molecule has 1 heterocycles. The van der Waals surface area contributed by atoms with Crippen LogP contribution in [0.5, 0.6) is 5.75 Å². The zero-order valence-electron chi connectivity index (χ0n) is 20.3. The Kier molecular flexibility index (Phi) is 10.3. The van der Waals surface area contributed by atoms with Crippen molar-refractivity contribution < 1.29 is 23.6 Å². The lowest BCUT2D eigenvalue weighted by Gasteiger charge is -2.22. The number of ether oxygens (including phenoxy) is 2. The fourth-order valence-corrected chi connectivity index (χ4v) is 4.14. The normalized spacial score (nSPS) is 10.7. The van der Waals surface area contributed by atoms with Gasteiger partial charge in [-0.3, -0.25) is 4.79 Å². The third-order valence-corrected chi connectivity index (χ3v) is 5.97. The molecule has 0 bridgehead atoms. The van der Waals surface area contributed by atoms with E-state index in [2.05, 4.69) is 28.2 Å². The molecular formula is C27H33BrN3O4+. The number of hydrogen-bond acceptors (Lipinski definition) is 4. The van der Waals surface area contributed by atoms with Gasteiger partial charge in [-0.15, -0.1) is 0 Å². The van der Waals surface area contributed by atoms with Crippen LogP contribution in [0.1, 0.15) is 37.0 Å². The van der Waals surface area contributed by atoms with Crippen LogP contribution in [0, 0.1) is 0 Å². The molecule has 3 rings (SSSR count). The summed E-state index contributed by atoms with van der Waals surface area (Å²) in [6.07, 6.45) is 5.14. The van der Waals surface area contributed by atoms with E-state index in [1.54, 1.807) is 17.2 Å². The van der Waals surface area contributed by atoms with E-state index < -0.39 is 6.09 Å². The largest absolute Gasteiger partial charge is 0.491 e. The summed E-state index contributed by atoms with van der Waals surface area (Å²) >= 11 is 3.42. The van der Waals surface area contributed by atoms with Crippen molar-refractivity contribution in [2.75, 3.05) is 32.8 Å². The lowest BCUT2D eigenvalue weighted by atomic mass is 10.1. The second-order valence-corrected chi connectivity index (χ2v) is 9.03. The van der Waals surface area contributed by atoms with E-state index in [9.17, 15) is 9.59 Å². The van der Waals surface area contributed by atoms with Crippen molar-refractivity contribution in [1.82, 2.24) is 10.2 Å². The molecule has 0 aliphatic carbocycles. The summed E-state index contributed by atoms with van der Waals surface area (Å²) in [7, 11) is 0. The summed E-state index contributed by atoms with van der Waals surface area (Å²) in [5.41, 5.74) is 0.544. The lowest BCUT2D eigenvalue weighted by molar-refractivity contribution is -0.694. The zero-order chi connectivity index (χ0) is 25.0. The number of carbonyl (C=O) groups excluding carboxylic acids is 2. The van der Waals surface area contributed by atoms with E-state index in [-0.39, 0.29) is 19.1 Å². The molecule has 0 radical (unpaired) electrons. The molecule has 0 aliphatic rings. The SMILES string of the molecule is CCCCN(CCOc1cccc2ccccc12)C(=O)OCCNC(=O)c1cc(Br)c[n+](CC)c1. The fourth-order valence-electron chi connectivity index (χ4n) is 3.63. The number of pyridine rings is 1. The Morgan fingerprint density at radius 1 is 1.03 bits per heavy atom. The van der Waals surface area contributed by atoms with Gasteiger partial charge in [-0.05, 0) is 46.8 Å².